The van der Waals surface area contributed by atoms with Crippen LogP contribution in [0.15, 0.2) is 11.3 Å². The van der Waals surface area contributed by atoms with Gasteiger partial charge in [-0.3, -0.25) is 4.79 Å². The van der Waals surface area contributed by atoms with Crippen LogP contribution in [0.25, 0.3) is 0 Å². The van der Waals surface area contributed by atoms with Crippen LogP contribution in [0.1, 0.15) is 26.7 Å². The Balaban J connectivity index is 5.39. The molecule has 17 heavy (non-hydrogen) atoms. The summed E-state index contributed by atoms with van der Waals surface area (Å²) in [5.41, 5.74) is 1.98. The van der Waals surface area contributed by atoms with Gasteiger partial charge < -0.3 is 10.5 Å². The Kier molecular flexibility index (Phi) is 5.70. The number of carbonyl (C=O) groups is 2. The third-order valence-corrected chi connectivity index (χ3v) is 1.81. The molecule has 0 aromatic rings. The highest BCUT2D eigenvalue weighted by atomic mass is 19.4. The number of carbonyl (C=O) groups excluding carboxylic acids is 2. The fourth-order valence-electron chi connectivity index (χ4n) is 1.07. The Morgan fingerprint density at radius 2 is 1.76 bits per heavy atom. The minimum atomic E-state index is -4.93. The summed E-state index contributed by atoms with van der Waals surface area (Å²) in [7, 11) is 0. The van der Waals surface area contributed by atoms with E-state index in [1.165, 1.54) is 6.92 Å². The van der Waals surface area contributed by atoms with Gasteiger partial charge in [0, 0.05) is 6.42 Å². The summed E-state index contributed by atoms with van der Waals surface area (Å²) in [5, 5.41) is 0. The van der Waals surface area contributed by atoms with Crippen molar-refractivity contribution in [2.24, 2.45) is 5.73 Å². The number of esters is 1. The molecule has 0 aliphatic rings. The first-order chi connectivity index (χ1) is 7.75. The molecule has 0 amide bonds. The minimum Gasteiger partial charge on any atom is -0.462 e. The van der Waals surface area contributed by atoms with E-state index in [0.717, 1.165) is 0 Å². The molecule has 98 valence electrons. The quantitative estimate of drug-likeness (QED) is 0.350. The van der Waals surface area contributed by atoms with E-state index in [9.17, 15) is 22.8 Å². The normalized spacial score (nSPS) is 13.0. The van der Waals surface area contributed by atoms with Crippen LogP contribution in [0, 0.1) is 0 Å². The second-order valence-corrected chi connectivity index (χ2v) is 3.18. The molecule has 0 aliphatic heterocycles. The maximum atomic E-state index is 12.4. The zero-order valence-electron chi connectivity index (χ0n) is 9.56. The molecule has 0 aliphatic carbocycles. The van der Waals surface area contributed by atoms with Crippen molar-refractivity contribution in [1.29, 1.82) is 0 Å². The van der Waals surface area contributed by atoms with Crippen molar-refractivity contribution >= 4 is 11.8 Å². The molecule has 0 saturated carbocycles. The van der Waals surface area contributed by atoms with Crippen LogP contribution >= 0.6 is 0 Å². The maximum Gasteiger partial charge on any atom is 0.431 e. The van der Waals surface area contributed by atoms with Gasteiger partial charge in [0.15, 0.2) is 5.78 Å². The monoisotopic (exact) mass is 253 g/mol. The number of Topliss-reactive ketones (excluding diaryl/α,β-unsaturated/α-hetero) is 1. The number of alkyl halides is 3. The molecule has 0 rings (SSSR count). The van der Waals surface area contributed by atoms with Gasteiger partial charge in [0.25, 0.3) is 0 Å². The van der Waals surface area contributed by atoms with Gasteiger partial charge in [0.1, 0.15) is 11.3 Å². The number of nitrogens with two attached hydrogens (primary N) is 1. The largest absolute Gasteiger partial charge is 0.462 e. The molecule has 0 saturated heterocycles. The summed E-state index contributed by atoms with van der Waals surface area (Å²) in [6.07, 6.45) is -4.80. The van der Waals surface area contributed by atoms with Gasteiger partial charge in [0.05, 0.1) is 6.61 Å². The van der Waals surface area contributed by atoms with Crippen LogP contribution in [0.2, 0.25) is 0 Å². The standard InChI is InChI=1S/C10H14F3NO3/c1-3-5-6(15)7(9(16)17-4-2)8(14)10(11,12)13/h3-5,14H2,1-2H3/b8-7-. The second kappa shape index (κ2) is 6.27. The number of hydrogen-bond donors (Lipinski definition) is 1. The van der Waals surface area contributed by atoms with Crippen molar-refractivity contribution < 1.29 is 27.5 Å². The summed E-state index contributed by atoms with van der Waals surface area (Å²) >= 11 is 0. The topological polar surface area (TPSA) is 69.4 Å². The Labute approximate surface area is 96.6 Å². The van der Waals surface area contributed by atoms with Gasteiger partial charge in [-0.05, 0) is 13.3 Å². The highest BCUT2D eigenvalue weighted by Gasteiger charge is 2.38. The van der Waals surface area contributed by atoms with Crippen LogP contribution in [-0.2, 0) is 14.3 Å². The number of ketones is 1. The number of ether oxygens (including phenoxy) is 1. The summed E-state index contributed by atoms with van der Waals surface area (Å²) < 4.78 is 41.5. The molecule has 0 bridgehead atoms. The van der Waals surface area contributed by atoms with Crippen molar-refractivity contribution in [1.82, 2.24) is 0 Å². The van der Waals surface area contributed by atoms with E-state index in [-0.39, 0.29) is 13.0 Å². The first kappa shape index (κ1) is 15.5. The van der Waals surface area contributed by atoms with Crippen LogP contribution < -0.4 is 5.73 Å². The van der Waals surface area contributed by atoms with E-state index in [0.29, 0.717) is 6.42 Å². The Bertz CT molecular complexity index is 314. The summed E-state index contributed by atoms with van der Waals surface area (Å²) in [6.45, 7) is 2.89. The van der Waals surface area contributed by atoms with Gasteiger partial charge in [-0.15, -0.1) is 0 Å². The van der Waals surface area contributed by atoms with Crippen molar-refractivity contribution in [3.63, 3.8) is 0 Å². The van der Waals surface area contributed by atoms with Crippen LogP contribution in [0.5, 0.6) is 0 Å². The van der Waals surface area contributed by atoms with Crippen LogP contribution in [0.4, 0.5) is 13.2 Å². The van der Waals surface area contributed by atoms with Crippen molar-refractivity contribution in [2.45, 2.75) is 32.9 Å². The molecule has 0 heterocycles. The first-order valence-corrected chi connectivity index (χ1v) is 5.02. The van der Waals surface area contributed by atoms with Gasteiger partial charge in [-0.25, -0.2) is 4.79 Å². The van der Waals surface area contributed by atoms with Crippen LogP contribution in [0.3, 0.4) is 0 Å². The molecule has 0 fully saturated rings. The SMILES string of the molecule is CCCC(=O)/C(C(=O)OCC)=C(/N)C(F)(F)F. The third-order valence-electron chi connectivity index (χ3n) is 1.81. The molecule has 0 aromatic carbocycles. The maximum absolute atomic E-state index is 12.4. The van der Waals surface area contributed by atoms with Crippen molar-refractivity contribution in [3.8, 4) is 0 Å². The Morgan fingerprint density at radius 1 is 1.24 bits per heavy atom. The lowest BCUT2D eigenvalue weighted by atomic mass is 10.0. The molecule has 2 N–H and O–H groups in total. The molecule has 0 unspecified atom stereocenters. The average molecular weight is 253 g/mol. The molecule has 4 nitrogen and oxygen atoms in total. The molecule has 0 spiro atoms. The third kappa shape index (κ3) is 4.46. The highest BCUT2D eigenvalue weighted by molar-refractivity contribution is 6.17. The zero-order chi connectivity index (χ0) is 13.6. The first-order valence-electron chi connectivity index (χ1n) is 5.02. The van der Waals surface area contributed by atoms with Crippen molar-refractivity contribution in [3.05, 3.63) is 11.3 Å². The minimum absolute atomic E-state index is 0.132. The average Bonchev–Trinajstić information content (AvgIpc) is 2.17. The van der Waals surface area contributed by atoms with Gasteiger partial charge in [-0.2, -0.15) is 13.2 Å². The fourth-order valence-corrected chi connectivity index (χ4v) is 1.07. The van der Waals surface area contributed by atoms with E-state index in [2.05, 4.69) is 4.74 Å². The molecule has 0 aromatic heterocycles. The summed E-state index contributed by atoms with van der Waals surface area (Å²) in [5.74, 6) is -2.29. The molecule has 0 atom stereocenters. The predicted octanol–water partition coefficient (Wildman–Crippen LogP) is 1.69. The Hall–Kier alpha value is -1.53. The van der Waals surface area contributed by atoms with E-state index in [4.69, 9.17) is 5.73 Å². The zero-order valence-corrected chi connectivity index (χ0v) is 9.56. The summed E-state index contributed by atoms with van der Waals surface area (Å²) in [4.78, 5) is 22.7. The molecular weight excluding hydrogens is 239 g/mol. The molecule has 0 radical (unpaired) electrons. The van der Waals surface area contributed by atoms with Gasteiger partial charge >= 0.3 is 12.1 Å². The van der Waals surface area contributed by atoms with Crippen LogP contribution in [-0.4, -0.2) is 24.5 Å². The second-order valence-electron chi connectivity index (χ2n) is 3.18. The van der Waals surface area contributed by atoms with E-state index >= 15 is 0 Å². The summed E-state index contributed by atoms with van der Waals surface area (Å²) in [6, 6.07) is 0. The molecular formula is C10H14F3NO3. The molecule has 7 heteroatoms. The lowest BCUT2D eigenvalue weighted by Crippen LogP contribution is -2.29. The van der Waals surface area contributed by atoms with Gasteiger partial charge in [0.2, 0.25) is 0 Å². The number of hydrogen-bond acceptors (Lipinski definition) is 4. The van der Waals surface area contributed by atoms with E-state index in [1.54, 1.807) is 6.92 Å². The van der Waals surface area contributed by atoms with Gasteiger partial charge in [-0.1, -0.05) is 6.92 Å². The number of rotatable bonds is 5. The fraction of sp³-hybridized carbons (Fsp3) is 0.600. The number of halogens is 3. The highest BCUT2D eigenvalue weighted by Crippen LogP contribution is 2.25. The van der Waals surface area contributed by atoms with E-state index < -0.39 is 29.2 Å². The number of allylic oxidation sites excluding steroid dienone is 1. The smallest absolute Gasteiger partial charge is 0.431 e. The lowest BCUT2D eigenvalue weighted by Gasteiger charge is -2.12. The predicted molar refractivity (Wildman–Crippen MR) is 53.8 cm³/mol. The van der Waals surface area contributed by atoms with E-state index in [1.807, 2.05) is 0 Å². The van der Waals surface area contributed by atoms with Crippen molar-refractivity contribution in [2.75, 3.05) is 6.61 Å². The Morgan fingerprint density at radius 3 is 2.12 bits per heavy atom. The lowest BCUT2D eigenvalue weighted by molar-refractivity contribution is -0.141.